The van der Waals surface area contributed by atoms with Crippen LogP contribution in [0.4, 0.5) is 0 Å². The summed E-state index contributed by atoms with van der Waals surface area (Å²) in [6.07, 6.45) is 5.06. The first-order chi connectivity index (χ1) is 6.01. The summed E-state index contributed by atoms with van der Waals surface area (Å²) in [5.41, 5.74) is -0.126. The lowest BCUT2D eigenvalue weighted by Crippen LogP contribution is -2.36. The van der Waals surface area contributed by atoms with E-state index in [1.807, 2.05) is 13.8 Å². The SMILES string of the molecule is C#CCN1C(=O)C2C(C1=O)C2(C)C. The number of hydrogen-bond acceptors (Lipinski definition) is 2. The Bertz CT molecular complexity index is 313. The molecule has 3 heteroatoms. The summed E-state index contributed by atoms with van der Waals surface area (Å²) in [7, 11) is 0. The number of fused-ring (bicyclic) bond motifs is 1. The number of nitrogens with zero attached hydrogens (tertiary/aromatic N) is 1. The molecule has 0 aromatic rings. The van der Waals surface area contributed by atoms with Crippen molar-refractivity contribution in [1.29, 1.82) is 0 Å². The van der Waals surface area contributed by atoms with Crippen molar-refractivity contribution in [1.82, 2.24) is 4.90 Å². The average molecular weight is 177 g/mol. The molecule has 2 amide bonds. The number of imide groups is 1. The second-order valence-corrected chi connectivity index (χ2v) is 4.24. The van der Waals surface area contributed by atoms with E-state index in [4.69, 9.17) is 6.42 Å². The number of hydrogen-bond donors (Lipinski definition) is 0. The molecule has 0 bridgehead atoms. The Kier molecular flexibility index (Phi) is 1.37. The molecule has 0 N–H and O–H groups in total. The molecule has 0 aromatic carbocycles. The van der Waals surface area contributed by atoms with Gasteiger partial charge in [-0.25, -0.2) is 0 Å². The zero-order chi connectivity index (χ0) is 9.80. The van der Waals surface area contributed by atoms with Crippen molar-refractivity contribution < 1.29 is 9.59 Å². The van der Waals surface area contributed by atoms with Gasteiger partial charge in [0.1, 0.15) is 0 Å². The molecule has 2 rings (SSSR count). The summed E-state index contributed by atoms with van der Waals surface area (Å²) in [6, 6.07) is 0. The third-order valence-electron chi connectivity index (χ3n) is 3.14. The molecule has 2 atom stereocenters. The number of carbonyl (C=O) groups excluding carboxylic acids is 2. The molecule has 1 saturated heterocycles. The van der Waals surface area contributed by atoms with E-state index in [2.05, 4.69) is 5.92 Å². The minimum Gasteiger partial charge on any atom is -0.274 e. The highest BCUT2D eigenvalue weighted by atomic mass is 16.2. The van der Waals surface area contributed by atoms with Gasteiger partial charge >= 0.3 is 0 Å². The third kappa shape index (κ3) is 0.806. The second-order valence-electron chi connectivity index (χ2n) is 4.24. The Balaban J connectivity index is 2.23. The molecule has 1 aliphatic heterocycles. The van der Waals surface area contributed by atoms with Crippen molar-refractivity contribution in [3.8, 4) is 12.3 Å². The molecule has 13 heavy (non-hydrogen) atoms. The standard InChI is InChI=1S/C10H11NO2/c1-4-5-11-8(12)6-7(9(11)13)10(6,2)3/h1,6-7H,5H2,2-3H3. The van der Waals surface area contributed by atoms with E-state index in [0.29, 0.717) is 0 Å². The molecule has 1 saturated carbocycles. The van der Waals surface area contributed by atoms with Crippen LogP contribution in [0.5, 0.6) is 0 Å². The predicted octanol–water partition coefficient (Wildman–Crippen LogP) is 0.261. The van der Waals surface area contributed by atoms with Gasteiger partial charge in [-0.2, -0.15) is 0 Å². The predicted molar refractivity (Wildman–Crippen MR) is 46.3 cm³/mol. The molecule has 1 aliphatic carbocycles. The molecule has 1 heterocycles. The van der Waals surface area contributed by atoms with Crippen molar-refractivity contribution in [2.24, 2.45) is 17.3 Å². The van der Waals surface area contributed by atoms with E-state index in [1.165, 1.54) is 4.90 Å². The summed E-state index contributed by atoms with van der Waals surface area (Å²) in [4.78, 5) is 24.3. The highest BCUT2D eigenvalue weighted by molar-refractivity contribution is 6.10. The van der Waals surface area contributed by atoms with Crippen molar-refractivity contribution in [2.45, 2.75) is 13.8 Å². The van der Waals surface area contributed by atoms with Crippen LogP contribution in [0.1, 0.15) is 13.8 Å². The van der Waals surface area contributed by atoms with Crippen LogP contribution in [0.15, 0.2) is 0 Å². The van der Waals surface area contributed by atoms with Crippen LogP contribution in [0.25, 0.3) is 0 Å². The number of amides is 2. The van der Waals surface area contributed by atoms with Crippen LogP contribution >= 0.6 is 0 Å². The van der Waals surface area contributed by atoms with Crippen molar-refractivity contribution in [3.63, 3.8) is 0 Å². The summed E-state index contributed by atoms with van der Waals surface area (Å²) in [5, 5.41) is 0. The Morgan fingerprint density at radius 2 is 1.85 bits per heavy atom. The number of terminal acetylenes is 1. The monoisotopic (exact) mass is 177 g/mol. The zero-order valence-corrected chi connectivity index (χ0v) is 7.70. The molecule has 0 aromatic heterocycles. The first-order valence-corrected chi connectivity index (χ1v) is 4.30. The second kappa shape index (κ2) is 2.14. The summed E-state index contributed by atoms with van der Waals surface area (Å²) in [5.74, 6) is 1.95. The van der Waals surface area contributed by atoms with E-state index >= 15 is 0 Å². The van der Waals surface area contributed by atoms with Crippen LogP contribution < -0.4 is 0 Å². The summed E-state index contributed by atoms with van der Waals surface area (Å²) in [6.45, 7) is 4.03. The van der Waals surface area contributed by atoms with Crippen molar-refractivity contribution in [3.05, 3.63) is 0 Å². The van der Waals surface area contributed by atoms with E-state index in [-0.39, 0.29) is 35.6 Å². The zero-order valence-electron chi connectivity index (χ0n) is 7.70. The number of piperidine rings is 1. The lowest BCUT2D eigenvalue weighted by Gasteiger charge is -2.17. The summed E-state index contributed by atoms with van der Waals surface area (Å²) < 4.78 is 0. The third-order valence-corrected chi connectivity index (χ3v) is 3.14. The highest BCUT2D eigenvalue weighted by Gasteiger charge is 2.72. The maximum atomic E-state index is 11.6. The average Bonchev–Trinajstić information content (AvgIpc) is 2.51. The Hall–Kier alpha value is -1.30. The smallest absolute Gasteiger partial charge is 0.234 e. The van der Waals surface area contributed by atoms with Gasteiger partial charge in [-0.1, -0.05) is 19.8 Å². The minimum atomic E-state index is -0.126. The van der Waals surface area contributed by atoms with Gasteiger partial charge in [-0.05, 0) is 5.41 Å². The van der Waals surface area contributed by atoms with Crippen LogP contribution in [0.3, 0.4) is 0 Å². The van der Waals surface area contributed by atoms with Gasteiger partial charge in [-0.3, -0.25) is 14.5 Å². The minimum absolute atomic E-state index is 0.0852. The maximum Gasteiger partial charge on any atom is 0.234 e. The molecular formula is C10H11NO2. The lowest BCUT2D eigenvalue weighted by molar-refractivity contribution is -0.142. The molecule has 2 fully saturated rings. The molecule has 68 valence electrons. The number of likely N-dealkylation sites (tertiary alicyclic amines) is 1. The van der Waals surface area contributed by atoms with Gasteiger partial charge in [0.25, 0.3) is 0 Å². The molecular weight excluding hydrogens is 166 g/mol. The Morgan fingerprint density at radius 3 is 2.23 bits per heavy atom. The number of carbonyl (C=O) groups is 2. The molecule has 2 aliphatic rings. The lowest BCUT2D eigenvalue weighted by atomic mass is 10.1. The van der Waals surface area contributed by atoms with E-state index in [9.17, 15) is 9.59 Å². The van der Waals surface area contributed by atoms with E-state index < -0.39 is 0 Å². The molecule has 0 spiro atoms. The summed E-state index contributed by atoms with van der Waals surface area (Å²) >= 11 is 0. The quantitative estimate of drug-likeness (QED) is 0.425. The molecule has 0 radical (unpaired) electrons. The van der Waals surface area contributed by atoms with E-state index in [1.54, 1.807) is 0 Å². The van der Waals surface area contributed by atoms with Crippen LogP contribution in [0, 0.1) is 29.6 Å². The fraction of sp³-hybridized carbons (Fsp3) is 0.600. The van der Waals surface area contributed by atoms with Crippen molar-refractivity contribution >= 4 is 11.8 Å². The largest absolute Gasteiger partial charge is 0.274 e. The molecule has 2 unspecified atom stereocenters. The van der Waals surface area contributed by atoms with Crippen LogP contribution in [0.2, 0.25) is 0 Å². The molecule has 3 nitrogen and oxygen atoms in total. The van der Waals surface area contributed by atoms with Gasteiger partial charge in [0.15, 0.2) is 0 Å². The first kappa shape index (κ1) is 8.31. The Morgan fingerprint density at radius 1 is 1.38 bits per heavy atom. The first-order valence-electron chi connectivity index (χ1n) is 4.30. The normalized spacial score (nSPS) is 34.4. The Labute approximate surface area is 77.1 Å². The van der Waals surface area contributed by atoms with Crippen LogP contribution in [-0.4, -0.2) is 23.3 Å². The van der Waals surface area contributed by atoms with E-state index in [0.717, 1.165) is 0 Å². The maximum absolute atomic E-state index is 11.6. The van der Waals surface area contributed by atoms with Crippen molar-refractivity contribution in [2.75, 3.05) is 6.54 Å². The van der Waals surface area contributed by atoms with Gasteiger partial charge in [0.05, 0.1) is 18.4 Å². The fourth-order valence-corrected chi connectivity index (χ4v) is 2.25. The highest BCUT2D eigenvalue weighted by Crippen LogP contribution is 2.63. The van der Waals surface area contributed by atoms with Gasteiger partial charge < -0.3 is 0 Å². The number of rotatable bonds is 1. The van der Waals surface area contributed by atoms with Crippen LogP contribution in [-0.2, 0) is 9.59 Å². The van der Waals surface area contributed by atoms with Gasteiger partial charge in [0, 0.05) is 0 Å². The van der Waals surface area contributed by atoms with Gasteiger partial charge in [0.2, 0.25) is 11.8 Å². The fourth-order valence-electron chi connectivity index (χ4n) is 2.25. The van der Waals surface area contributed by atoms with Gasteiger partial charge in [-0.15, -0.1) is 6.42 Å². The topological polar surface area (TPSA) is 37.4 Å².